The second-order valence-corrected chi connectivity index (χ2v) is 5.50. The first-order chi connectivity index (χ1) is 11.2. The molecule has 0 unspecified atom stereocenters. The van der Waals surface area contributed by atoms with E-state index in [1.807, 2.05) is 42.0 Å². The first-order valence-corrected chi connectivity index (χ1v) is 7.37. The summed E-state index contributed by atoms with van der Waals surface area (Å²) < 4.78 is 15.0. The number of nitrogens with zero attached hydrogens (tertiary/aromatic N) is 3. The minimum absolute atomic E-state index is 0. The number of halogens is 1. The van der Waals surface area contributed by atoms with Gasteiger partial charge >= 0.3 is 0 Å². The van der Waals surface area contributed by atoms with E-state index in [2.05, 4.69) is 16.0 Å². The van der Waals surface area contributed by atoms with Gasteiger partial charge in [-0.25, -0.2) is 14.4 Å². The lowest BCUT2D eigenvalue weighted by Crippen LogP contribution is -1.91. The highest BCUT2D eigenvalue weighted by atomic mass is 19.1. The Balaban J connectivity index is 0.00000169. The molecule has 120 valence electrons. The van der Waals surface area contributed by atoms with E-state index in [0.717, 1.165) is 33.5 Å². The summed E-state index contributed by atoms with van der Waals surface area (Å²) in [6.45, 7) is 1.97. The summed E-state index contributed by atoms with van der Waals surface area (Å²) in [5, 5.41) is 1.06. The van der Waals surface area contributed by atoms with Gasteiger partial charge in [-0.1, -0.05) is 13.5 Å². The molecule has 0 atom stereocenters. The van der Waals surface area contributed by atoms with Gasteiger partial charge in [0.1, 0.15) is 5.82 Å². The van der Waals surface area contributed by atoms with Crippen LogP contribution in [0.3, 0.4) is 0 Å². The van der Waals surface area contributed by atoms with Gasteiger partial charge in [-0.05, 0) is 55.5 Å². The number of aryl methyl sites for hydroxylation is 1. The largest absolute Gasteiger partial charge is 0.306 e. The number of pyridine rings is 1. The minimum Gasteiger partial charge on any atom is -0.306 e. The summed E-state index contributed by atoms with van der Waals surface area (Å²) >= 11 is 0. The van der Waals surface area contributed by atoms with Crippen molar-refractivity contribution >= 4 is 10.9 Å². The number of imidazole rings is 1. The quantitative estimate of drug-likeness (QED) is 0.510. The van der Waals surface area contributed by atoms with Crippen LogP contribution in [-0.2, 0) is 0 Å². The average Bonchev–Trinajstić information content (AvgIpc) is 3.01. The van der Waals surface area contributed by atoms with Crippen molar-refractivity contribution in [1.82, 2.24) is 14.5 Å². The molecule has 4 aromatic rings. The molecule has 4 heteroatoms. The van der Waals surface area contributed by atoms with Gasteiger partial charge < -0.3 is 4.57 Å². The lowest BCUT2D eigenvalue weighted by molar-refractivity contribution is 0.628. The molecule has 0 aliphatic rings. The van der Waals surface area contributed by atoms with Gasteiger partial charge in [0, 0.05) is 22.8 Å². The zero-order valence-electron chi connectivity index (χ0n) is 12.6. The van der Waals surface area contributed by atoms with E-state index >= 15 is 0 Å². The highest BCUT2D eigenvalue weighted by molar-refractivity contribution is 5.83. The monoisotopic (exact) mass is 319 g/mol. The molecule has 4 rings (SSSR count). The molecule has 0 fully saturated rings. The molecule has 0 spiro atoms. The number of benzene rings is 2. The van der Waals surface area contributed by atoms with Crippen molar-refractivity contribution in [1.29, 1.82) is 0 Å². The second-order valence-electron chi connectivity index (χ2n) is 5.50. The van der Waals surface area contributed by atoms with Crippen LogP contribution in [0, 0.1) is 12.7 Å². The van der Waals surface area contributed by atoms with Gasteiger partial charge in [0.05, 0.1) is 23.2 Å². The van der Waals surface area contributed by atoms with Crippen LogP contribution in [0.25, 0.3) is 27.8 Å². The molecule has 3 nitrogen and oxygen atoms in total. The van der Waals surface area contributed by atoms with E-state index in [4.69, 9.17) is 0 Å². The van der Waals surface area contributed by atoms with Crippen molar-refractivity contribution < 1.29 is 4.39 Å². The third-order valence-corrected chi connectivity index (χ3v) is 3.82. The topological polar surface area (TPSA) is 30.7 Å². The lowest BCUT2D eigenvalue weighted by Gasteiger charge is -2.06. The summed E-state index contributed by atoms with van der Waals surface area (Å²) in [7, 11) is 0. The molecule has 24 heavy (non-hydrogen) atoms. The molecule has 0 saturated carbocycles. The summed E-state index contributed by atoms with van der Waals surface area (Å²) in [5.41, 5.74) is 4.68. The van der Waals surface area contributed by atoms with E-state index in [1.54, 1.807) is 18.5 Å². The van der Waals surface area contributed by atoms with E-state index in [0.29, 0.717) is 0 Å². The Morgan fingerprint density at radius 2 is 1.75 bits per heavy atom. The zero-order valence-corrected chi connectivity index (χ0v) is 12.6. The number of rotatable bonds is 2. The van der Waals surface area contributed by atoms with Crippen LogP contribution in [0.2, 0.25) is 0 Å². The highest BCUT2D eigenvalue weighted by Crippen LogP contribution is 2.23. The van der Waals surface area contributed by atoms with Crippen LogP contribution in [0.15, 0.2) is 67.1 Å². The van der Waals surface area contributed by atoms with Crippen LogP contribution in [0.5, 0.6) is 0 Å². The fourth-order valence-electron chi connectivity index (χ4n) is 2.62. The third kappa shape index (κ3) is 2.91. The van der Waals surface area contributed by atoms with Gasteiger partial charge in [-0.15, -0.1) is 0 Å². The minimum atomic E-state index is -0.241. The van der Waals surface area contributed by atoms with Crippen molar-refractivity contribution in [2.24, 2.45) is 0 Å². The normalized spacial score (nSPS) is 10.6. The van der Waals surface area contributed by atoms with Crippen molar-refractivity contribution in [2.45, 2.75) is 14.4 Å². The van der Waals surface area contributed by atoms with Crippen molar-refractivity contribution in [3.05, 3.63) is 78.6 Å². The molecular weight excluding hydrogens is 301 g/mol. The smallest absolute Gasteiger partial charge is 0.123 e. The van der Waals surface area contributed by atoms with E-state index in [1.165, 1.54) is 12.1 Å². The Morgan fingerprint density at radius 3 is 2.46 bits per heavy atom. The fourth-order valence-corrected chi connectivity index (χ4v) is 2.62. The molecule has 0 saturated heterocycles. The molecule has 2 aromatic carbocycles. The first-order valence-electron chi connectivity index (χ1n) is 7.37. The van der Waals surface area contributed by atoms with Crippen molar-refractivity contribution in [3.8, 4) is 16.9 Å². The maximum atomic E-state index is 13.0. The SMILES string of the molecule is C.Cc1cn(-c2ccc3nc(-c4ccc(F)cc4)ccc3c2)cn1. The summed E-state index contributed by atoms with van der Waals surface area (Å²) in [6.07, 6.45) is 3.79. The number of hydrogen-bond acceptors (Lipinski definition) is 2. The summed E-state index contributed by atoms with van der Waals surface area (Å²) in [4.78, 5) is 8.92. The summed E-state index contributed by atoms with van der Waals surface area (Å²) in [6, 6.07) is 16.5. The highest BCUT2D eigenvalue weighted by Gasteiger charge is 2.04. The summed E-state index contributed by atoms with van der Waals surface area (Å²) in [5.74, 6) is -0.241. The standard InChI is InChI=1S/C19H14FN3.CH4/c1-13-11-23(12-21-13)17-7-9-19-15(10-17)4-8-18(22-19)14-2-5-16(20)6-3-14;/h2-12H,1H3;1H4. The molecule has 0 amide bonds. The van der Waals surface area contributed by atoms with Gasteiger partial charge in [-0.2, -0.15) is 0 Å². The molecule has 0 aliphatic carbocycles. The van der Waals surface area contributed by atoms with Crippen LogP contribution in [0.4, 0.5) is 4.39 Å². The maximum absolute atomic E-state index is 13.0. The van der Waals surface area contributed by atoms with Gasteiger partial charge in [0.2, 0.25) is 0 Å². The molecular formula is C20H18FN3. The maximum Gasteiger partial charge on any atom is 0.123 e. The Kier molecular flexibility index (Phi) is 4.13. The predicted molar refractivity (Wildman–Crippen MR) is 95.7 cm³/mol. The third-order valence-electron chi connectivity index (χ3n) is 3.82. The number of hydrogen-bond donors (Lipinski definition) is 0. The zero-order chi connectivity index (χ0) is 15.8. The average molecular weight is 319 g/mol. The van der Waals surface area contributed by atoms with Crippen molar-refractivity contribution in [3.63, 3.8) is 0 Å². The van der Waals surface area contributed by atoms with Gasteiger partial charge in [0.25, 0.3) is 0 Å². The second kappa shape index (κ2) is 6.24. The van der Waals surface area contributed by atoms with E-state index < -0.39 is 0 Å². The number of aromatic nitrogens is 3. The molecule has 0 radical (unpaired) electrons. The van der Waals surface area contributed by atoms with Gasteiger partial charge in [0.15, 0.2) is 0 Å². The van der Waals surface area contributed by atoms with E-state index in [-0.39, 0.29) is 13.2 Å². The van der Waals surface area contributed by atoms with E-state index in [9.17, 15) is 4.39 Å². The van der Waals surface area contributed by atoms with Crippen LogP contribution in [-0.4, -0.2) is 14.5 Å². The van der Waals surface area contributed by atoms with Crippen LogP contribution >= 0.6 is 0 Å². The Morgan fingerprint density at radius 1 is 0.958 bits per heavy atom. The Labute approximate surface area is 140 Å². The van der Waals surface area contributed by atoms with Crippen molar-refractivity contribution in [2.75, 3.05) is 0 Å². The Bertz CT molecular complexity index is 987. The predicted octanol–water partition coefficient (Wildman–Crippen LogP) is 5.17. The van der Waals surface area contributed by atoms with Gasteiger partial charge in [-0.3, -0.25) is 0 Å². The molecule has 2 heterocycles. The first kappa shape index (κ1) is 15.9. The van der Waals surface area contributed by atoms with Crippen LogP contribution in [0.1, 0.15) is 13.1 Å². The van der Waals surface area contributed by atoms with Crippen LogP contribution < -0.4 is 0 Å². The number of fused-ring (bicyclic) bond motifs is 1. The fraction of sp³-hybridized carbons (Fsp3) is 0.100. The Hall–Kier alpha value is -3.01. The molecule has 2 aromatic heterocycles. The lowest BCUT2D eigenvalue weighted by atomic mass is 10.1. The molecule has 0 aliphatic heterocycles. The molecule has 0 N–H and O–H groups in total. The molecule has 0 bridgehead atoms.